The first kappa shape index (κ1) is 14.0. The van der Waals surface area contributed by atoms with E-state index in [1.54, 1.807) is 0 Å². The van der Waals surface area contributed by atoms with Crippen LogP contribution in [0.1, 0.15) is 59.3 Å². The molecule has 0 aliphatic heterocycles. The van der Waals surface area contributed by atoms with Gasteiger partial charge in [-0.05, 0) is 45.3 Å². The van der Waals surface area contributed by atoms with E-state index in [1.165, 1.54) is 51.6 Å². The van der Waals surface area contributed by atoms with Crippen LogP contribution in [0.3, 0.4) is 0 Å². The Morgan fingerprint density at radius 2 is 1.64 bits per heavy atom. The average Bonchev–Trinajstić information content (AvgIpc) is 2.17. The van der Waals surface area contributed by atoms with Gasteiger partial charge in [0.2, 0.25) is 0 Å². The van der Waals surface area contributed by atoms with Crippen molar-refractivity contribution in [2.45, 2.75) is 59.3 Å². The fourth-order valence-electron chi connectivity index (χ4n) is 2.10. The minimum absolute atomic E-state index is 0.982. The molecule has 0 spiro atoms. The highest BCUT2D eigenvalue weighted by atomic mass is 15.1. The van der Waals surface area contributed by atoms with Gasteiger partial charge in [0.1, 0.15) is 0 Å². The average molecular weight is 199 g/mol. The molecule has 0 aromatic heterocycles. The molecule has 1 atom stereocenters. The van der Waals surface area contributed by atoms with Crippen LogP contribution in [0.15, 0.2) is 0 Å². The van der Waals surface area contributed by atoms with Gasteiger partial charge in [-0.15, -0.1) is 0 Å². The van der Waals surface area contributed by atoms with Gasteiger partial charge in [-0.1, -0.05) is 40.0 Å². The van der Waals surface area contributed by atoms with Gasteiger partial charge in [0.15, 0.2) is 0 Å². The Labute approximate surface area is 90.9 Å². The Morgan fingerprint density at radius 1 is 0.929 bits per heavy atom. The first-order valence-electron chi connectivity index (χ1n) is 6.43. The van der Waals surface area contributed by atoms with Crippen LogP contribution in [0.25, 0.3) is 0 Å². The number of rotatable bonds is 9. The summed E-state index contributed by atoms with van der Waals surface area (Å²) in [6.07, 6.45) is 8.23. The summed E-state index contributed by atoms with van der Waals surface area (Å²) >= 11 is 0. The molecule has 0 bridgehead atoms. The first-order chi connectivity index (χ1) is 6.74. The second-order valence-electron chi connectivity index (χ2n) is 4.51. The van der Waals surface area contributed by atoms with Crippen molar-refractivity contribution in [2.24, 2.45) is 5.92 Å². The molecule has 1 nitrogen and oxygen atoms in total. The fourth-order valence-corrected chi connectivity index (χ4v) is 2.10. The lowest BCUT2D eigenvalue weighted by Crippen LogP contribution is -2.20. The van der Waals surface area contributed by atoms with Crippen LogP contribution in [0.2, 0.25) is 0 Å². The SMILES string of the molecule is CCCC(CC)CCCN(C)CCC. The quantitative estimate of drug-likeness (QED) is 0.544. The highest BCUT2D eigenvalue weighted by molar-refractivity contribution is 4.59. The lowest BCUT2D eigenvalue weighted by Gasteiger charge is -2.18. The van der Waals surface area contributed by atoms with Crippen molar-refractivity contribution in [2.75, 3.05) is 20.1 Å². The molecule has 1 heteroatoms. The van der Waals surface area contributed by atoms with E-state index in [2.05, 4.69) is 32.7 Å². The highest BCUT2D eigenvalue weighted by Crippen LogP contribution is 2.17. The molecule has 0 radical (unpaired) electrons. The van der Waals surface area contributed by atoms with Crippen molar-refractivity contribution >= 4 is 0 Å². The molecule has 0 saturated heterocycles. The van der Waals surface area contributed by atoms with Gasteiger partial charge in [-0.3, -0.25) is 0 Å². The molecule has 0 N–H and O–H groups in total. The molecule has 0 aliphatic rings. The zero-order valence-corrected chi connectivity index (χ0v) is 10.7. The predicted octanol–water partition coefficient (Wildman–Crippen LogP) is 3.93. The molecule has 14 heavy (non-hydrogen) atoms. The van der Waals surface area contributed by atoms with Gasteiger partial charge in [-0.2, -0.15) is 0 Å². The van der Waals surface area contributed by atoms with E-state index in [1.807, 2.05) is 0 Å². The normalized spacial score (nSPS) is 13.5. The molecule has 0 amide bonds. The Kier molecular flexibility index (Phi) is 9.49. The van der Waals surface area contributed by atoms with Crippen LogP contribution in [0.5, 0.6) is 0 Å². The second-order valence-corrected chi connectivity index (χ2v) is 4.51. The van der Waals surface area contributed by atoms with Gasteiger partial charge in [0, 0.05) is 0 Å². The first-order valence-corrected chi connectivity index (χ1v) is 6.43. The van der Waals surface area contributed by atoms with Crippen molar-refractivity contribution in [3.05, 3.63) is 0 Å². The van der Waals surface area contributed by atoms with Gasteiger partial charge in [0.25, 0.3) is 0 Å². The van der Waals surface area contributed by atoms with Crippen LogP contribution >= 0.6 is 0 Å². The van der Waals surface area contributed by atoms with E-state index in [9.17, 15) is 0 Å². The molecule has 0 aromatic rings. The summed E-state index contributed by atoms with van der Waals surface area (Å²) in [6.45, 7) is 9.42. The Hall–Kier alpha value is -0.0400. The number of hydrogen-bond acceptors (Lipinski definition) is 1. The van der Waals surface area contributed by atoms with Crippen molar-refractivity contribution in [1.82, 2.24) is 4.90 Å². The minimum atomic E-state index is 0.982. The van der Waals surface area contributed by atoms with Crippen molar-refractivity contribution in [3.63, 3.8) is 0 Å². The zero-order valence-electron chi connectivity index (χ0n) is 10.7. The summed E-state index contributed by atoms with van der Waals surface area (Å²) in [4.78, 5) is 2.46. The summed E-state index contributed by atoms with van der Waals surface area (Å²) in [5.41, 5.74) is 0. The Bertz CT molecular complexity index is 112. The maximum atomic E-state index is 2.46. The molecule has 0 rings (SSSR count). The van der Waals surface area contributed by atoms with Gasteiger partial charge in [-0.25, -0.2) is 0 Å². The van der Waals surface area contributed by atoms with E-state index in [0.717, 1.165) is 5.92 Å². The summed E-state index contributed by atoms with van der Waals surface area (Å²) in [5, 5.41) is 0. The Morgan fingerprint density at radius 3 is 2.14 bits per heavy atom. The summed E-state index contributed by atoms with van der Waals surface area (Å²) in [5.74, 6) is 0.982. The summed E-state index contributed by atoms with van der Waals surface area (Å²) in [7, 11) is 2.24. The third-order valence-corrected chi connectivity index (χ3v) is 3.03. The van der Waals surface area contributed by atoms with Crippen molar-refractivity contribution in [3.8, 4) is 0 Å². The molecule has 0 aliphatic carbocycles. The molecule has 86 valence electrons. The second kappa shape index (κ2) is 9.51. The monoisotopic (exact) mass is 199 g/mol. The van der Waals surface area contributed by atoms with Gasteiger partial charge >= 0.3 is 0 Å². The van der Waals surface area contributed by atoms with E-state index >= 15 is 0 Å². The minimum Gasteiger partial charge on any atom is -0.306 e. The molecule has 0 heterocycles. The van der Waals surface area contributed by atoms with Crippen molar-refractivity contribution in [1.29, 1.82) is 0 Å². The van der Waals surface area contributed by atoms with E-state index < -0.39 is 0 Å². The van der Waals surface area contributed by atoms with E-state index in [4.69, 9.17) is 0 Å². The standard InChI is InChI=1S/C13H29N/c1-5-9-13(7-3)10-8-12-14(4)11-6-2/h13H,5-12H2,1-4H3. The third-order valence-electron chi connectivity index (χ3n) is 3.03. The summed E-state index contributed by atoms with van der Waals surface area (Å²) in [6, 6.07) is 0. The predicted molar refractivity (Wildman–Crippen MR) is 65.7 cm³/mol. The molecule has 1 unspecified atom stereocenters. The maximum Gasteiger partial charge on any atom is -0.00217 e. The van der Waals surface area contributed by atoms with Gasteiger partial charge < -0.3 is 4.90 Å². The van der Waals surface area contributed by atoms with E-state index in [-0.39, 0.29) is 0 Å². The van der Waals surface area contributed by atoms with E-state index in [0.29, 0.717) is 0 Å². The molecule has 0 fully saturated rings. The van der Waals surface area contributed by atoms with Crippen LogP contribution in [0, 0.1) is 5.92 Å². The molecular formula is C13H29N. The van der Waals surface area contributed by atoms with Crippen LogP contribution in [0.4, 0.5) is 0 Å². The topological polar surface area (TPSA) is 3.24 Å². The zero-order chi connectivity index (χ0) is 10.8. The molecular weight excluding hydrogens is 170 g/mol. The van der Waals surface area contributed by atoms with Crippen LogP contribution in [-0.2, 0) is 0 Å². The van der Waals surface area contributed by atoms with Gasteiger partial charge in [0.05, 0.1) is 0 Å². The Balaban J connectivity index is 3.40. The highest BCUT2D eigenvalue weighted by Gasteiger charge is 2.05. The molecule has 0 aromatic carbocycles. The van der Waals surface area contributed by atoms with Crippen LogP contribution < -0.4 is 0 Å². The fraction of sp³-hybridized carbons (Fsp3) is 1.00. The number of hydrogen-bond donors (Lipinski definition) is 0. The third kappa shape index (κ3) is 7.37. The van der Waals surface area contributed by atoms with Crippen molar-refractivity contribution < 1.29 is 0 Å². The summed E-state index contributed by atoms with van der Waals surface area (Å²) < 4.78 is 0. The number of nitrogens with zero attached hydrogens (tertiary/aromatic N) is 1. The maximum absolute atomic E-state index is 2.46. The van der Waals surface area contributed by atoms with Crippen LogP contribution in [-0.4, -0.2) is 25.0 Å². The smallest absolute Gasteiger partial charge is 0.00217 e. The lowest BCUT2D eigenvalue weighted by molar-refractivity contribution is 0.306. The largest absolute Gasteiger partial charge is 0.306 e. The molecule has 0 saturated carbocycles. The lowest BCUT2D eigenvalue weighted by atomic mass is 9.95.